The first kappa shape index (κ1) is 32.6. The predicted octanol–water partition coefficient (Wildman–Crippen LogP) is 5.45. The second-order valence-corrected chi connectivity index (χ2v) is 11.8. The minimum absolute atomic E-state index is 0.124. The number of benzene rings is 3. The number of aryl methyl sites for hydroxylation is 1. The van der Waals surface area contributed by atoms with Gasteiger partial charge in [0.25, 0.3) is 10.0 Å². The number of nitrogens with zero attached hydrogens (tertiary/aromatic N) is 2. The van der Waals surface area contributed by atoms with Gasteiger partial charge in [0.1, 0.15) is 24.2 Å². The van der Waals surface area contributed by atoms with Crippen LogP contribution < -0.4 is 14.4 Å². The third-order valence-corrected chi connectivity index (χ3v) is 8.72. The van der Waals surface area contributed by atoms with E-state index in [1.54, 1.807) is 24.3 Å². The lowest BCUT2D eigenvalue weighted by Crippen LogP contribution is -2.52. The average molecular weight is 598 g/mol. The van der Waals surface area contributed by atoms with E-state index < -0.39 is 34.3 Å². The summed E-state index contributed by atoms with van der Waals surface area (Å²) in [5.41, 5.74) is 2.02. The molecule has 3 rings (SSSR count). The molecule has 3 aromatic rings. The number of anilines is 1. The molecule has 10 heteroatoms. The first-order valence-corrected chi connectivity index (χ1v) is 15.7. The van der Waals surface area contributed by atoms with Gasteiger partial charge in [-0.3, -0.25) is 13.9 Å². The van der Waals surface area contributed by atoms with Crippen molar-refractivity contribution in [3.63, 3.8) is 0 Å². The maximum Gasteiger partial charge on any atom is 0.264 e. The molecule has 0 aromatic heterocycles. The van der Waals surface area contributed by atoms with Crippen LogP contribution in [0.15, 0.2) is 77.7 Å². The van der Waals surface area contributed by atoms with Crippen LogP contribution in [0.1, 0.15) is 51.2 Å². The number of rotatable bonds is 15. The molecule has 226 valence electrons. The number of carbonyl (C=O) groups is 2. The van der Waals surface area contributed by atoms with Crippen molar-refractivity contribution in [1.29, 1.82) is 0 Å². The lowest BCUT2D eigenvalue weighted by atomic mass is 10.1. The topological polar surface area (TPSA) is 96.0 Å². The molecular weight excluding hydrogens is 557 g/mol. The molecule has 42 heavy (non-hydrogen) atoms. The van der Waals surface area contributed by atoms with Gasteiger partial charge in [-0.25, -0.2) is 12.8 Å². The summed E-state index contributed by atoms with van der Waals surface area (Å²) in [5, 5.41) is 2.92. The Labute approximate surface area is 248 Å². The van der Waals surface area contributed by atoms with Crippen molar-refractivity contribution >= 4 is 27.5 Å². The molecule has 0 aliphatic carbocycles. The van der Waals surface area contributed by atoms with E-state index in [0.29, 0.717) is 25.3 Å². The zero-order valence-electron chi connectivity index (χ0n) is 24.7. The Bertz CT molecular complexity index is 1430. The smallest absolute Gasteiger partial charge is 0.264 e. The largest absolute Gasteiger partial charge is 0.494 e. The maximum absolute atomic E-state index is 14.1. The van der Waals surface area contributed by atoms with Crippen LogP contribution in [0.3, 0.4) is 0 Å². The summed E-state index contributed by atoms with van der Waals surface area (Å²) in [4.78, 5) is 28.7. The molecule has 0 aliphatic heterocycles. The van der Waals surface area contributed by atoms with Crippen LogP contribution in [0.25, 0.3) is 0 Å². The lowest BCUT2D eigenvalue weighted by molar-refractivity contribution is -0.140. The van der Waals surface area contributed by atoms with E-state index in [1.807, 2.05) is 52.0 Å². The summed E-state index contributed by atoms with van der Waals surface area (Å²) in [6.45, 7) is 8.07. The molecule has 3 aromatic carbocycles. The van der Waals surface area contributed by atoms with E-state index in [1.165, 1.54) is 4.90 Å². The Balaban J connectivity index is 2.05. The molecule has 0 fully saturated rings. The number of hydrogen-bond donors (Lipinski definition) is 1. The number of carbonyl (C=O) groups excluding carboxylic acids is 2. The van der Waals surface area contributed by atoms with E-state index in [-0.39, 0.29) is 23.0 Å². The van der Waals surface area contributed by atoms with Crippen molar-refractivity contribution < 1.29 is 27.1 Å². The Morgan fingerprint density at radius 1 is 0.952 bits per heavy atom. The number of amides is 2. The van der Waals surface area contributed by atoms with E-state index in [4.69, 9.17) is 4.74 Å². The Morgan fingerprint density at radius 3 is 2.21 bits per heavy atom. The van der Waals surface area contributed by atoms with Crippen LogP contribution in [-0.2, 0) is 26.2 Å². The van der Waals surface area contributed by atoms with Crippen LogP contribution in [0.2, 0.25) is 0 Å². The van der Waals surface area contributed by atoms with Gasteiger partial charge in [-0.2, -0.15) is 0 Å². The van der Waals surface area contributed by atoms with Gasteiger partial charge in [-0.05, 0) is 86.3 Å². The van der Waals surface area contributed by atoms with Gasteiger partial charge in [0, 0.05) is 13.1 Å². The summed E-state index contributed by atoms with van der Waals surface area (Å²) >= 11 is 0. The molecule has 1 unspecified atom stereocenters. The minimum Gasteiger partial charge on any atom is -0.494 e. The van der Waals surface area contributed by atoms with Gasteiger partial charge >= 0.3 is 0 Å². The highest BCUT2D eigenvalue weighted by atomic mass is 32.2. The molecule has 0 spiro atoms. The highest BCUT2D eigenvalue weighted by molar-refractivity contribution is 7.92. The molecule has 8 nitrogen and oxygen atoms in total. The number of ether oxygens (including phenoxy) is 1. The zero-order chi connectivity index (χ0) is 30.7. The Morgan fingerprint density at radius 2 is 1.62 bits per heavy atom. The standard InChI is InChI=1S/C32H40FN3O5S/c1-5-8-21-34-32(38)30(6-2)35(22-25-12-10-9-11-24(25)4)31(37)23-36(27-15-17-28(18-16-27)41-7-3)42(39,40)29-19-13-26(33)14-20-29/h9-20,30H,5-8,21-23H2,1-4H3,(H,34,38). The fourth-order valence-electron chi connectivity index (χ4n) is 4.53. The summed E-state index contributed by atoms with van der Waals surface area (Å²) in [7, 11) is -4.30. The number of nitrogens with one attached hydrogen (secondary N) is 1. The number of unbranched alkanes of at least 4 members (excludes halogenated alkanes) is 1. The minimum atomic E-state index is -4.30. The van der Waals surface area contributed by atoms with E-state index >= 15 is 0 Å². The Hall–Kier alpha value is -3.92. The second kappa shape index (κ2) is 15.3. The van der Waals surface area contributed by atoms with Gasteiger partial charge in [-0.15, -0.1) is 0 Å². The molecular formula is C32H40FN3O5S. The molecule has 0 saturated heterocycles. The van der Waals surface area contributed by atoms with Crippen LogP contribution in [0.4, 0.5) is 10.1 Å². The van der Waals surface area contributed by atoms with Gasteiger partial charge < -0.3 is 15.0 Å². The molecule has 2 amide bonds. The highest BCUT2D eigenvalue weighted by Gasteiger charge is 2.33. The van der Waals surface area contributed by atoms with E-state index in [9.17, 15) is 22.4 Å². The van der Waals surface area contributed by atoms with Gasteiger partial charge in [-0.1, -0.05) is 44.5 Å². The van der Waals surface area contributed by atoms with Crippen molar-refractivity contribution in [2.24, 2.45) is 0 Å². The van der Waals surface area contributed by atoms with Crippen LogP contribution >= 0.6 is 0 Å². The third kappa shape index (κ3) is 8.31. The van der Waals surface area contributed by atoms with E-state index in [2.05, 4.69) is 5.32 Å². The van der Waals surface area contributed by atoms with Crippen molar-refractivity contribution in [3.05, 3.63) is 89.7 Å². The van der Waals surface area contributed by atoms with Crippen molar-refractivity contribution in [1.82, 2.24) is 10.2 Å². The molecule has 0 radical (unpaired) electrons. The lowest BCUT2D eigenvalue weighted by Gasteiger charge is -2.33. The third-order valence-electron chi connectivity index (χ3n) is 6.93. The number of sulfonamides is 1. The molecule has 0 saturated carbocycles. The number of halogens is 1. The first-order valence-electron chi connectivity index (χ1n) is 14.2. The normalized spacial score (nSPS) is 11.9. The summed E-state index contributed by atoms with van der Waals surface area (Å²) in [5.74, 6) is -0.873. The zero-order valence-corrected chi connectivity index (χ0v) is 25.5. The van der Waals surface area contributed by atoms with Crippen molar-refractivity contribution in [2.75, 3.05) is 24.0 Å². The Kier molecular flexibility index (Phi) is 11.9. The van der Waals surface area contributed by atoms with Crippen molar-refractivity contribution in [3.8, 4) is 5.75 Å². The van der Waals surface area contributed by atoms with Gasteiger partial charge in [0.05, 0.1) is 17.2 Å². The van der Waals surface area contributed by atoms with Crippen molar-refractivity contribution in [2.45, 2.75) is 64.4 Å². The fourth-order valence-corrected chi connectivity index (χ4v) is 5.95. The quantitative estimate of drug-likeness (QED) is 0.235. The fraction of sp³-hybridized carbons (Fsp3) is 0.375. The molecule has 0 heterocycles. The molecule has 1 N–H and O–H groups in total. The van der Waals surface area contributed by atoms with Crippen LogP contribution in [-0.4, -0.2) is 50.9 Å². The van der Waals surface area contributed by atoms with Crippen LogP contribution in [0.5, 0.6) is 5.75 Å². The summed E-state index contributed by atoms with van der Waals surface area (Å²) in [6, 6.07) is 17.5. The monoisotopic (exact) mass is 597 g/mol. The van der Waals surface area contributed by atoms with Gasteiger partial charge in [0.15, 0.2) is 0 Å². The van der Waals surface area contributed by atoms with Gasteiger partial charge in [0.2, 0.25) is 11.8 Å². The molecule has 1 atom stereocenters. The predicted molar refractivity (Wildman–Crippen MR) is 162 cm³/mol. The second-order valence-electron chi connectivity index (χ2n) is 9.91. The maximum atomic E-state index is 14.1. The summed E-state index contributed by atoms with van der Waals surface area (Å²) < 4.78 is 48.0. The molecule has 0 aliphatic rings. The van der Waals surface area contributed by atoms with Crippen LogP contribution in [0, 0.1) is 12.7 Å². The first-order chi connectivity index (χ1) is 20.1. The highest BCUT2D eigenvalue weighted by Crippen LogP contribution is 2.27. The van der Waals surface area contributed by atoms with E-state index in [0.717, 1.165) is 52.5 Å². The molecule has 0 bridgehead atoms. The summed E-state index contributed by atoms with van der Waals surface area (Å²) in [6.07, 6.45) is 2.04. The average Bonchev–Trinajstić information content (AvgIpc) is 2.97. The SMILES string of the molecule is CCCCNC(=O)C(CC)N(Cc1ccccc1C)C(=O)CN(c1ccc(OCC)cc1)S(=O)(=O)c1ccc(F)cc1. The number of hydrogen-bond acceptors (Lipinski definition) is 5.